The van der Waals surface area contributed by atoms with Crippen LogP contribution in [0.25, 0.3) is 0 Å². The van der Waals surface area contributed by atoms with E-state index in [-0.39, 0.29) is 0 Å². The minimum atomic E-state index is -1.25. The standard InChI is InChI=1S/C8H20N.4BrH.Fe/c1-5-9(6-2,7-3)8-4;;;;;/h5-8H2,1-4H3;4*1H;/q+1;;;;;+3/p-4. The molecule has 0 aliphatic carbocycles. The molecule has 0 saturated heterocycles. The summed E-state index contributed by atoms with van der Waals surface area (Å²) in [5.74, 6) is 0. The Morgan fingerprint density at radius 3 is 0.857 bits per heavy atom. The van der Waals surface area contributed by atoms with Gasteiger partial charge >= 0.3 is 62.1 Å². The summed E-state index contributed by atoms with van der Waals surface area (Å²) in [7, 11) is 0. The topological polar surface area (TPSA) is 0 Å². The maximum atomic E-state index is 3.25. The van der Waals surface area contributed by atoms with Crippen LogP contribution >= 0.6 is 56.4 Å². The number of rotatable bonds is 4. The monoisotopic (exact) mass is 502 g/mol. The van der Waals surface area contributed by atoms with Crippen LogP contribution < -0.4 is 0 Å². The fourth-order valence-electron chi connectivity index (χ4n) is 1.34. The van der Waals surface area contributed by atoms with E-state index in [0.29, 0.717) is 0 Å². The van der Waals surface area contributed by atoms with Gasteiger partial charge in [-0.3, -0.25) is 0 Å². The molecule has 0 fully saturated rings. The number of hydrogen-bond acceptors (Lipinski definition) is 0. The molecule has 0 radical (unpaired) electrons. The second-order valence-electron chi connectivity index (χ2n) is 2.91. The van der Waals surface area contributed by atoms with E-state index in [9.17, 15) is 0 Å². The van der Waals surface area contributed by atoms with E-state index in [2.05, 4.69) is 84.1 Å². The third-order valence-electron chi connectivity index (χ3n) is 2.68. The van der Waals surface area contributed by atoms with Gasteiger partial charge in [0.1, 0.15) is 0 Å². The van der Waals surface area contributed by atoms with E-state index in [1.807, 2.05) is 0 Å². The molecule has 0 atom stereocenters. The second kappa shape index (κ2) is 9.43. The predicted molar refractivity (Wildman–Crippen MR) is 78.1 cm³/mol. The Labute approximate surface area is 119 Å². The van der Waals surface area contributed by atoms with Gasteiger partial charge in [0.05, 0.1) is 26.2 Å². The Kier molecular flexibility index (Phi) is 12.6. The van der Waals surface area contributed by atoms with Crippen molar-refractivity contribution in [3.05, 3.63) is 0 Å². The van der Waals surface area contributed by atoms with Crippen LogP contribution in [0.2, 0.25) is 0 Å². The molecule has 0 heterocycles. The third-order valence-corrected chi connectivity index (χ3v) is 2.68. The molecule has 0 aliphatic rings. The molecule has 14 heavy (non-hydrogen) atoms. The molecule has 0 bridgehead atoms. The zero-order chi connectivity index (χ0) is 11.8. The number of halogens is 4. The first-order chi connectivity index (χ1) is 6.24. The van der Waals surface area contributed by atoms with E-state index >= 15 is 0 Å². The molecule has 1 nitrogen and oxygen atoms in total. The number of quaternary nitrogens is 1. The van der Waals surface area contributed by atoms with Crippen LogP contribution in [0, 0.1) is 0 Å². The van der Waals surface area contributed by atoms with Crippen molar-refractivity contribution >= 4 is 56.4 Å². The number of nitrogens with zero attached hydrogens (tertiary/aromatic N) is 1. The molecule has 0 aliphatic heterocycles. The molecule has 6 heteroatoms. The molecule has 0 aromatic carbocycles. The first-order valence-corrected chi connectivity index (χ1v) is 15.5. The molecule has 0 unspecified atom stereocenters. The summed E-state index contributed by atoms with van der Waals surface area (Å²) in [5, 5.41) is 0. The molecule has 93 valence electrons. The fourth-order valence-corrected chi connectivity index (χ4v) is 1.34. The van der Waals surface area contributed by atoms with Gasteiger partial charge in [0.25, 0.3) is 0 Å². The van der Waals surface area contributed by atoms with Gasteiger partial charge in [0, 0.05) is 0 Å². The van der Waals surface area contributed by atoms with Crippen molar-refractivity contribution in [1.29, 1.82) is 0 Å². The van der Waals surface area contributed by atoms with Crippen molar-refractivity contribution in [2.75, 3.05) is 26.2 Å². The normalized spacial score (nSPS) is 13.1. The summed E-state index contributed by atoms with van der Waals surface area (Å²) >= 11 is 13.0. The van der Waals surface area contributed by atoms with Crippen LogP contribution in [0.3, 0.4) is 0 Å². The van der Waals surface area contributed by atoms with Crippen LogP contribution in [0.4, 0.5) is 0 Å². The Hall–Kier alpha value is 2.40. The van der Waals surface area contributed by atoms with Crippen molar-refractivity contribution in [2.24, 2.45) is 0 Å². The van der Waals surface area contributed by atoms with Gasteiger partial charge in [-0.15, -0.1) is 0 Å². The quantitative estimate of drug-likeness (QED) is 0.361. The van der Waals surface area contributed by atoms with E-state index < -0.39 is 5.61 Å². The van der Waals surface area contributed by atoms with Gasteiger partial charge < -0.3 is 4.48 Å². The molecule has 0 saturated carbocycles. The molecular weight excluding hydrogens is 486 g/mol. The van der Waals surface area contributed by atoms with Gasteiger partial charge in [-0.1, -0.05) is 0 Å². The number of hydrogen-bond donors (Lipinski definition) is 0. The van der Waals surface area contributed by atoms with Crippen LogP contribution in [0.5, 0.6) is 0 Å². The first kappa shape index (κ1) is 18.8. The van der Waals surface area contributed by atoms with Crippen molar-refractivity contribution in [3.63, 3.8) is 0 Å². The molecule has 0 aromatic rings. The predicted octanol–water partition coefficient (Wildman–Crippen LogP) is 5.26. The minimum absolute atomic E-state index is 1.25. The fraction of sp³-hybridized carbons (Fsp3) is 1.00. The second-order valence-corrected chi connectivity index (χ2v) is 36.3. The van der Waals surface area contributed by atoms with Gasteiger partial charge in [0.15, 0.2) is 0 Å². The van der Waals surface area contributed by atoms with Gasteiger partial charge in [0.2, 0.25) is 0 Å². The summed E-state index contributed by atoms with van der Waals surface area (Å²) in [6.07, 6.45) is 0. The van der Waals surface area contributed by atoms with E-state index in [1.54, 1.807) is 0 Å². The van der Waals surface area contributed by atoms with Crippen LogP contribution in [-0.4, -0.2) is 30.7 Å². The molecule has 0 spiro atoms. The van der Waals surface area contributed by atoms with Crippen LogP contribution in [0.15, 0.2) is 0 Å². The third kappa shape index (κ3) is 12.5. The van der Waals surface area contributed by atoms with E-state index in [0.717, 1.165) is 0 Å². The summed E-state index contributed by atoms with van der Waals surface area (Å²) in [5.41, 5.74) is -1.25. The van der Waals surface area contributed by atoms with Gasteiger partial charge in [-0.2, -0.15) is 0 Å². The van der Waals surface area contributed by atoms with Gasteiger partial charge in [-0.05, 0) is 27.7 Å². The molecule has 0 rings (SSSR count). The Balaban J connectivity index is 0. The van der Waals surface area contributed by atoms with Gasteiger partial charge in [-0.25, -0.2) is 0 Å². The maximum absolute atomic E-state index is 3.25. The summed E-state index contributed by atoms with van der Waals surface area (Å²) in [6, 6.07) is 0. The van der Waals surface area contributed by atoms with E-state index in [1.165, 1.54) is 30.7 Å². The van der Waals surface area contributed by atoms with Crippen molar-refractivity contribution in [2.45, 2.75) is 27.7 Å². The van der Waals surface area contributed by atoms with Crippen molar-refractivity contribution in [3.8, 4) is 0 Å². The zero-order valence-corrected chi connectivity index (χ0v) is 16.6. The summed E-state index contributed by atoms with van der Waals surface area (Å²) in [4.78, 5) is 0. The summed E-state index contributed by atoms with van der Waals surface area (Å²) < 4.78 is 1.28. The average Bonchev–Trinajstić information content (AvgIpc) is 2.07. The van der Waals surface area contributed by atoms with E-state index in [4.69, 9.17) is 0 Å². The molecular formula is C8H20Br4FeN. The Morgan fingerprint density at radius 1 is 0.714 bits per heavy atom. The molecule has 0 N–H and O–H groups in total. The average molecular weight is 506 g/mol. The van der Waals surface area contributed by atoms with Crippen molar-refractivity contribution in [1.82, 2.24) is 0 Å². The van der Waals surface area contributed by atoms with Crippen molar-refractivity contribution < 1.29 is 10.1 Å². The first-order valence-electron chi connectivity index (χ1n) is 4.63. The Morgan fingerprint density at radius 2 is 0.857 bits per heavy atom. The molecule has 0 amide bonds. The summed E-state index contributed by atoms with van der Waals surface area (Å²) in [6.45, 7) is 14.2. The Bertz CT molecular complexity index is 110. The van der Waals surface area contributed by atoms with Crippen LogP contribution in [0.1, 0.15) is 27.7 Å². The zero-order valence-electron chi connectivity index (χ0n) is 9.14. The SMILES string of the molecule is CC[N+](CC)(CC)CC.[Br][Fe-]([Br])([Br])[Br]. The molecule has 0 aromatic heterocycles. The van der Waals surface area contributed by atoms with Crippen LogP contribution in [-0.2, 0) is 5.61 Å².